The molecule has 0 aliphatic rings. The van der Waals surface area contributed by atoms with Crippen LogP contribution in [-0.2, 0) is 4.74 Å². The number of carbonyl (C=O) groups is 1. The average molecular weight is 302 g/mol. The summed E-state index contributed by atoms with van der Waals surface area (Å²) in [6.07, 6.45) is 3.48. The van der Waals surface area contributed by atoms with E-state index in [1.54, 1.807) is 16.8 Å². The number of aromatic nitrogens is 3. The first-order valence-electron chi connectivity index (χ1n) is 7.05. The quantitative estimate of drug-likeness (QED) is 0.653. The Morgan fingerprint density at radius 1 is 1.45 bits per heavy atom. The maximum Gasteiger partial charge on any atom is 0.407 e. The van der Waals surface area contributed by atoms with Crippen molar-refractivity contribution in [2.24, 2.45) is 0 Å². The zero-order valence-corrected chi connectivity index (χ0v) is 13.0. The van der Waals surface area contributed by atoms with E-state index in [-0.39, 0.29) is 0 Å². The van der Waals surface area contributed by atoms with Gasteiger partial charge in [0, 0.05) is 25.0 Å². The van der Waals surface area contributed by atoms with Gasteiger partial charge in [0.15, 0.2) is 5.65 Å². The SMILES string of the molecule is [B]c1cnn2ccc(OCCCNC(=O)OC(C)(C)C)nc12. The van der Waals surface area contributed by atoms with Crippen LogP contribution in [0.2, 0.25) is 0 Å². The van der Waals surface area contributed by atoms with Gasteiger partial charge in [-0.05, 0) is 32.7 Å². The summed E-state index contributed by atoms with van der Waals surface area (Å²) in [5.74, 6) is 0.469. The molecule has 0 spiro atoms. The van der Waals surface area contributed by atoms with Crippen molar-refractivity contribution in [3.05, 3.63) is 18.5 Å². The number of ether oxygens (including phenoxy) is 2. The molecule has 2 aromatic heterocycles. The van der Waals surface area contributed by atoms with Crippen LogP contribution < -0.4 is 15.5 Å². The predicted molar refractivity (Wildman–Crippen MR) is 82.7 cm³/mol. The number of nitrogens with one attached hydrogen (secondary N) is 1. The second kappa shape index (κ2) is 6.68. The zero-order chi connectivity index (χ0) is 16.2. The molecule has 8 heteroatoms. The summed E-state index contributed by atoms with van der Waals surface area (Å²) in [6, 6.07) is 1.71. The van der Waals surface area contributed by atoms with Crippen LogP contribution in [0.5, 0.6) is 5.88 Å². The van der Waals surface area contributed by atoms with Crippen molar-refractivity contribution in [2.75, 3.05) is 13.2 Å². The highest BCUT2D eigenvalue weighted by molar-refractivity contribution is 6.36. The topological polar surface area (TPSA) is 77.8 Å². The Bertz CT molecular complexity index is 651. The van der Waals surface area contributed by atoms with E-state index in [0.29, 0.717) is 36.6 Å². The fraction of sp³-hybridized carbons (Fsp3) is 0.500. The van der Waals surface area contributed by atoms with Gasteiger partial charge in [0.2, 0.25) is 5.88 Å². The summed E-state index contributed by atoms with van der Waals surface area (Å²) in [7, 11) is 5.74. The smallest absolute Gasteiger partial charge is 0.407 e. The van der Waals surface area contributed by atoms with E-state index in [4.69, 9.17) is 17.3 Å². The largest absolute Gasteiger partial charge is 0.478 e. The van der Waals surface area contributed by atoms with E-state index < -0.39 is 11.7 Å². The Morgan fingerprint density at radius 2 is 2.23 bits per heavy atom. The minimum Gasteiger partial charge on any atom is -0.478 e. The molecule has 22 heavy (non-hydrogen) atoms. The highest BCUT2D eigenvalue weighted by atomic mass is 16.6. The molecule has 7 nitrogen and oxygen atoms in total. The van der Waals surface area contributed by atoms with Crippen LogP contribution in [0.1, 0.15) is 27.2 Å². The lowest BCUT2D eigenvalue weighted by Gasteiger charge is -2.19. The molecule has 0 aromatic carbocycles. The molecular formula is C14H19BN4O3. The number of amides is 1. The molecule has 2 aromatic rings. The molecule has 0 atom stereocenters. The summed E-state index contributed by atoms with van der Waals surface area (Å²) in [6.45, 7) is 6.35. The van der Waals surface area contributed by atoms with Gasteiger partial charge in [-0.2, -0.15) is 10.1 Å². The Hall–Kier alpha value is -2.25. The Balaban J connectivity index is 1.72. The molecule has 0 fully saturated rings. The molecule has 0 aliphatic carbocycles. The van der Waals surface area contributed by atoms with Crippen LogP contribution in [-0.4, -0.2) is 47.3 Å². The van der Waals surface area contributed by atoms with E-state index in [1.807, 2.05) is 20.8 Å². The highest BCUT2D eigenvalue weighted by Gasteiger charge is 2.15. The molecule has 0 saturated heterocycles. The van der Waals surface area contributed by atoms with Gasteiger partial charge in [-0.1, -0.05) is 0 Å². The molecule has 2 rings (SSSR count). The third-order valence-electron chi connectivity index (χ3n) is 2.61. The van der Waals surface area contributed by atoms with Crippen molar-refractivity contribution in [1.82, 2.24) is 19.9 Å². The van der Waals surface area contributed by atoms with Crippen molar-refractivity contribution in [2.45, 2.75) is 32.8 Å². The monoisotopic (exact) mass is 302 g/mol. The lowest BCUT2D eigenvalue weighted by atomic mass is 10.0. The second-order valence-corrected chi connectivity index (χ2v) is 5.76. The first-order valence-corrected chi connectivity index (χ1v) is 7.05. The van der Waals surface area contributed by atoms with Gasteiger partial charge in [0.25, 0.3) is 0 Å². The molecule has 0 unspecified atom stereocenters. The van der Waals surface area contributed by atoms with E-state index in [2.05, 4.69) is 15.4 Å². The first kappa shape index (κ1) is 16.1. The number of hydrogen-bond donors (Lipinski definition) is 1. The number of hydrogen-bond acceptors (Lipinski definition) is 5. The first-order chi connectivity index (χ1) is 10.3. The predicted octanol–water partition coefficient (Wildman–Crippen LogP) is 0.817. The van der Waals surface area contributed by atoms with Crippen LogP contribution in [0, 0.1) is 0 Å². The third kappa shape index (κ3) is 4.65. The maximum absolute atomic E-state index is 11.4. The summed E-state index contributed by atoms with van der Waals surface area (Å²) in [5, 5.41) is 6.69. The Morgan fingerprint density at radius 3 is 2.95 bits per heavy atom. The van der Waals surface area contributed by atoms with Crippen molar-refractivity contribution in [3.63, 3.8) is 0 Å². The molecule has 2 heterocycles. The minimum absolute atomic E-state index is 0.424. The van der Waals surface area contributed by atoms with E-state index in [0.717, 1.165) is 0 Å². The van der Waals surface area contributed by atoms with Crippen molar-refractivity contribution in [3.8, 4) is 5.88 Å². The van der Waals surface area contributed by atoms with Gasteiger partial charge in [-0.3, -0.25) is 0 Å². The highest BCUT2D eigenvalue weighted by Crippen LogP contribution is 2.08. The van der Waals surface area contributed by atoms with Gasteiger partial charge >= 0.3 is 6.09 Å². The van der Waals surface area contributed by atoms with Gasteiger partial charge < -0.3 is 14.8 Å². The summed E-state index contributed by atoms with van der Waals surface area (Å²) < 4.78 is 12.2. The Kier molecular flexibility index (Phi) is 4.90. The van der Waals surface area contributed by atoms with Crippen molar-refractivity contribution in [1.29, 1.82) is 0 Å². The van der Waals surface area contributed by atoms with Gasteiger partial charge in [0.1, 0.15) is 13.4 Å². The number of nitrogens with zero attached hydrogens (tertiary/aromatic N) is 3. The second-order valence-electron chi connectivity index (χ2n) is 5.76. The minimum atomic E-state index is -0.495. The van der Waals surface area contributed by atoms with Crippen LogP contribution in [0.15, 0.2) is 18.5 Å². The molecule has 2 radical (unpaired) electrons. The van der Waals surface area contributed by atoms with Gasteiger partial charge in [0.05, 0.1) is 6.61 Å². The summed E-state index contributed by atoms with van der Waals surface area (Å²) >= 11 is 0. The van der Waals surface area contributed by atoms with Gasteiger partial charge in [-0.15, -0.1) is 0 Å². The summed E-state index contributed by atoms with van der Waals surface area (Å²) in [5.41, 5.74) is 0.562. The normalized spacial score (nSPS) is 11.4. The molecule has 0 saturated carbocycles. The lowest BCUT2D eigenvalue weighted by Crippen LogP contribution is -2.33. The number of rotatable bonds is 5. The van der Waals surface area contributed by atoms with E-state index in [1.165, 1.54) is 6.20 Å². The van der Waals surface area contributed by atoms with Crippen LogP contribution >= 0.6 is 0 Å². The van der Waals surface area contributed by atoms with Crippen molar-refractivity contribution < 1.29 is 14.3 Å². The number of fused-ring (bicyclic) bond motifs is 1. The molecule has 116 valence electrons. The molecule has 1 amide bonds. The van der Waals surface area contributed by atoms with Crippen LogP contribution in [0.3, 0.4) is 0 Å². The molecular weight excluding hydrogens is 283 g/mol. The number of carbonyl (C=O) groups excluding carboxylic acids is 1. The average Bonchev–Trinajstić information content (AvgIpc) is 2.78. The molecule has 0 bridgehead atoms. The number of alkyl carbamates (subject to hydrolysis) is 1. The third-order valence-corrected chi connectivity index (χ3v) is 2.61. The Labute approximate surface area is 130 Å². The molecule has 0 aliphatic heterocycles. The van der Waals surface area contributed by atoms with Crippen LogP contribution in [0.25, 0.3) is 5.65 Å². The fourth-order valence-electron chi connectivity index (χ4n) is 1.70. The van der Waals surface area contributed by atoms with Crippen molar-refractivity contribution >= 4 is 25.0 Å². The van der Waals surface area contributed by atoms with E-state index in [9.17, 15) is 4.79 Å². The maximum atomic E-state index is 11.4. The molecule has 1 N–H and O–H groups in total. The van der Waals surface area contributed by atoms with Gasteiger partial charge in [-0.25, -0.2) is 9.31 Å². The fourth-order valence-corrected chi connectivity index (χ4v) is 1.70. The zero-order valence-electron chi connectivity index (χ0n) is 13.0. The summed E-state index contributed by atoms with van der Waals surface area (Å²) in [4.78, 5) is 15.7. The van der Waals surface area contributed by atoms with E-state index >= 15 is 0 Å². The van der Waals surface area contributed by atoms with Crippen LogP contribution in [0.4, 0.5) is 4.79 Å². The lowest BCUT2D eigenvalue weighted by molar-refractivity contribution is 0.0525. The standard InChI is InChI=1S/C14H19BN4O3/c1-14(2,3)22-13(20)16-6-4-8-21-11-5-7-19-12(18-11)10(15)9-17-19/h5,7,9H,4,6,8H2,1-3H3,(H,16,20).